The van der Waals surface area contributed by atoms with Crippen LogP contribution in [0.4, 0.5) is 0 Å². The smallest absolute Gasteiger partial charge is 0.242 e. The lowest BCUT2D eigenvalue weighted by Crippen LogP contribution is -2.46. The summed E-state index contributed by atoms with van der Waals surface area (Å²) in [4.78, 5) is 26.1. The third-order valence-electron chi connectivity index (χ3n) is 4.07. The number of hydrogen-bond donors (Lipinski definition) is 2. The Morgan fingerprint density at radius 3 is 2.90 bits per heavy atom. The van der Waals surface area contributed by atoms with E-state index in [1.54, 1.807) is 4.90 Å². The van der Waals surface area contributed by atoms with E-state index in [0.29, 0.717) is 25.9 Å². The average molecular weight is 279 g/mol. The van der Waals surface area contributed by atoms with Gasteiger partial charge in [-0.25, -0.2) is 0 Å². The maximum Gasteiger partial charge on any atom is 0.242 e. The summed E-state index contributed by atoms with van der Waals surface area (Å²) in [6.45, 7) is 2.96. The predicted octanol–water partition coefficient (Wildman–Crippen LogP) is 0.941. The molecule has 1 fully saturated rings. The van der Waals surface area contributed by atoms with Crippen molar-refractivity contribution in [1.82, 2.24) is 10.2 Å². The lowest BCUT2D eigenvalue weighted by Gasteiger charge is -2.24. The fourth-order valence-electron chi connectivity index (χ4n) is 3.05. The Balaban J connectivity index is 1.99. The van der Waals surface area contributed by atoms with Crippen molar-refractivity contribution >= 4 is 11.8 Å². The van der Waals surface area contributed by atoms with E-state index >= 15 is 0 Å². The number of nitrogens with zero attached hydrogens (tertiary/aromatic N) is 1. The van der Waals surface area contributed by atoms with Gasteiger partial charge < -0.3 is 16.0 Å². The van der Waals surface area contributed by atoms with Crippen LogP contribution in [0.15, 0.2) is 11.6 Å². The summed E-state index contributed by atoms with van der Waals surface area (Å²) in [6, 6.07) is -0.478. The highest BCUT2D eigenvalue weighted by Crippen LogP contribution is 2.24. The monoisotopic (exact) mass is 279 g/mol. The molecule has 20 heavy (non-hydrogen) atoms. The number of likely N-dealkylation sites (tertiary alicyclic amines) is 1. The van der Waals surface area contributed by atoms with Gasteiger partial charge in [-0.05, 0) is 39.0 Å². The number of nitrogens with two attached hydrogens (primary N) is 1. The number of carbonyl (C=O) groups is 2. The normalized spacial score (nSPS) is 26.3. The Morgan fingerprint density at radius 1 is 1.45 bits per heavy atom. The number of likely N-dealkylation sites (N-methyl/N-ethyl adjacent to an activating group) is 1. The first-order valence-electron chi connectivity index (χ1n) is 7.62. The Morgan fingerprint density at radius 2 is 2.25 bits per heavy atom. The largest absolute Gasteiger partial charge is 0.355 e. The van der Waals surface area contributed by atoms with Crippen LogP contribution in [0.25, 0.3) is 0 Å². The summed E-state index contributed by atoms with van der Waals surface area (Å²) < 4.78 is 0. The number of rotatable bonds is 4. The van der Waals surface area contributed by atoms with Crippen LogP contribution in [0.5, 0.6) is 0 Å². The van der Waals surface area contributed by atoms with Gasteiger partial charge in [-0.15, -0.1) is 0 Å². The molecule has 0 aromatic rings. The van der Waals surface area contributed by atoms with E-state index in [1.807, 2.05) is 6.92 Å². The third-order valence-corrected chi connectivity index (χ3v) is 4.07. The van der Waals surface area contributed by atoms with Crippen molar-refractivity contribution in [2.24, 2.45) is 5.73 Å². The van der Waals surface area contributed by atoms with Gasteiger partial charge in [-0.1, -0.05) is 11.6 Å². The minimum absolute atomic E-state index is 0.0438. The highest BCUT2D eigenvalue weighted by atomic mass is 16.2. The molecule has 0 aromatic carbocycles. The third kappa shape index (κ3) is 3.60. The molecular weight excluding hydrogens is 254 g/mol. The van der Waals surface area contributed by atoms with E-state index in [4.69, 9.17) is 5.73 Å². The SMILES string of the molecule is CCNC(=O)[C@@H]1C[C@H](N)CN1C(=O)CC1=CCCCC1. The van der Waals surface area contributed by atoms with Crippen molar-refractivity contribution in [3.8, 4) is 0 Å². The highest BCUT2D eigenvalue weighted by Gasteiger charge is 2.37. The van der Waals surface area contributed by atoms with Crippen LogP contribution in [0.1, 0.15) is 45.4 Å². The summed E-state index contributed by atoms with van der Waals surface area (Å²) in [7, 11) is 0. The summed E-state index contributed by atoms with van der Waals surface area (Å²) in [5, 5.41) is 2.79. The van der Waals surface area contributed by atoms with Crippen molar-refractivity contribution in [2.45, 2.75) is 57.5 Å². The van der Waals surface area contributed by atoms with Gasteiger partial charge in [0.05, 0.1) is 0 Å². The quantitative estimate of drug-likeness (QED) is 0.752. The maximum atomic E-state index is 12.4. The minimum Gasteiger partial charge on any atom is -0.355 e. The van der Waals surface area contributed by atoms with Crippen molar-refractivity contribution in [3.63, 3.8) is 0 Å². The number of allylic oxidation sites excluding steroid dienone is 1. The van der Waals surface area contributed by atoms with E-state index in [0.717, 1.165) is 12.8 Å². The Kier molecular flexibility index (Phi) is 5.17. The van der Waals surface area contributed by atoms with Crippen LogP contribution in [0, 0.1) is 0 Å². The van der Waals surface area contributed by atoms with Crippen LogP contribution < -0.4 is 11.1 Å². The van der Waals surface area contributed by atoms with Crippen LogP contribution in [0.2, 0.25) is 0 Å². The molecule has 1 aliphatic heterocycles. The molecule has 0 radical (unpaired) electrons. The molecule has 5 nitrogen and oxygen atoms in total. The average Bonchev–Trinajstić information content (AvgIpc) is 2.82. The number of amides is 2. The summed E-state index contributed by atoms with van der Waals surface area (Å²) in [5.74, 6) is -0.0335. The zero-order valence-corrected chi connectivity index (χ0v) is 12.2. The van der Waals surface area contributed by atoms with E-state index in [-0.39, 0.29) is 23.9 Å². The minimum atomic E-state index is -0.387. The van der Waals surface area contributed by atoms with Gasteiger partial charge in [0.1, 0.15) is 6.04 Å². The molecule has 2 aliphatic rings. The lowest BCUT2D eigenvalue weighted by molar-refractivity contribution is -0.137. The van der Waals surface area contributed by atoms with Crippen LogP contribution in [0.3, 0.4) is 0 Å². The molecule has 2 atom stereocenters. The van der Waals surface area contributed by atoms with Gasteiger partial charge in [0.15, 0.2) is 0 Å². The van der Waals surface area contributed by atoms with Gasteiger partial charge >= 0.3 is 0 Å². The predicted molar refractivity (Wildman–Crippen MR) is 77.9 cm³/mol. The molecule has 1 heterocycles. The zero-order valence-electron chi connectivity index (χ0n) is 12.2. The first-order valence-corrected chi connectivity index (χ1v) is 7.62. The standard InChI is InChI=1S/C15H25N3O2/c1-2-17-15(20)13-9-12(16)10-18(13)14(19)8-11-6-4-3-5-7-11/h6,12-13H,2-5,7-10,16H2,1H3,(H,17,20)/t12-,13-/m0/s1. The lowest BCUT2D eigenvalue weighted by atomic mass is 9.97. The molecule has 112 valence electrons. The fourth-order valence-corrected chi connectivity index (χ4v) is 3.05. The molecule has 2 rings (SSSR count). The fraction of sp³-hybridized carbons (Fsp3) is 0.733. The van der Waals surface area contributed by atoms with Gasteiger partial charge in [0.2, 0.25) is 11.8 Å². The highest BCUT2D eigenvalue weighted by molar-refractivity contribution is 5.89. The van der Waals surface area contributed by atoms with Gasteiger partial charge in [0, 0.05) is 25.6 Å². The summed E-state index contributed by atoms with van der Waals surface area (Å²) in [5.41, 5.74) is 7.15. The maximum absolute atomic E-state index is 12.4. The van der Waals surface area contributed by atoms with Crippen molar-refractivity contribution in [3.05, 3.63) is 11.6 Å². The topological polar surface area (TPSA) is 75.4 Å². The molecule has 0 saturated carbocycles. The van der Waals surface area contributed by atoms with Crippen molar-refractivity contribution in [1.29, 1.82) is 0 Å². The number of carbonyl (C=O) groups excluding carboxylic acids is 2. The molecular formula is C15H25N3O2. The molecule has 0 bridgehead atoms. The molecule has 5 heteroatoms. The second kappa shape index (κ2) is 6.88. The first kappa shape index (κ1) is 15.0. The van der Waals surface area contributed by atoms with Crippen LogP contribution in [-0.4, -0.2) is 41.9 Å². The Labute approximate surface area is 120 Å². The van der Waals surface area contributed by atoms with E-state index in [1.165, 1.54) is 18.4 Å². The second-order valence-electron chi connectivity index (χ2n) is 5.74. The Bertz CT molecular complexity index is 406. The first-order chi connectivity index (χ1) is 9.61. The van der Waals surface area contributed by atoms with Crippen molar-refractivity contribution in [2.75, 3.05) is 13.1 Å². The van der Waals surface area contributed by atoms with E-state index < -0.39 is 0 Å². The molecule has 0 aromatic heterocycles. The number of nitrogens with one attached hydrogen (secondary N) is 1. The van der Waals surface area contributed by atoms with Gasteiger partial charge in [-0.3, -0.25) is 9.59 Å². The molecule has 3 N–H and O–H groups in total. The molecule has 0 spiro atoms. The van der Waals surface area contributed by atoms with E-state index in [9.17, 15) is 9.59 Å². The Hall–Kier alpha value is -1.36. The van der Waals surface area contributed by atoms with Crippen LogP contribution >= 0.6 is 0 Å². The van der Waals surface area contributed by atoms with Crippen LogP contribution in [-0.2, 0) is 9.59 Å². The summed E-state index contributed by atoms with van der Waals surface area (Å²) in [6.07, 6.45) is 7.66. The zero-order chi connectivity index (χ0) is 14.5. The number of hydrogen-bond acceptors (Lipinski definition) is 3. The molecule has 1 aliphatic carbocycles. The van der Waals surface area contributed by atoms with Gasteiger partial charge in [-0.2, -0.15) is 0 Å². The molecule has 2 amide bonds. The van der Waals surface area contributed by atoms with Crippen molar-refractivity contribution < 1.29 is 9.59 Å². The second-order valence-corrected chi connectivity index (χ2v) is 5.74. The van der Waals surface area contributed by atoms with E-state index in [2.05, 4.69) is 11.4 Å². The molecule has 1 saturated heterocycles. The summed E-state index contributed by atoms with van der Waals surface area (Å²) >= 11 is 0. The van der Waals surface area contributed by atoms with Gasteiger partial charge in [0.25, 0.3) is 0 Å². The molecule has 0 unspecified atom stereocenters.